The zero-order valence-corrected chi connectivity index (χ0v) is 17.6. The van der Waals surface area contributed by atoms with E-state index in [2.05, 4.69) is 10.6 Å². The number of phenols is 1. The zero-order chi connectivity index (χ0) is 22.0. The normalized spacial score (nSPS) is 31.4. The molecule has 0 bridgehead atoms. The van der Waals surface area contributed by atoms with Crippen molar-refractivity contribution in [3.8, 4) is 5.75 Å². The highest BCUT2D eigenvalue weighted by Gasteiger charge is 2.70. The second kappa shape index (κ2) is 6.90. The van der Waals surface area contributed by atoms with Crippen molar-refractivity contribution in [1.29, 1.82) is 0 Å². The standard InChI is InChI=1S/C25H25N3O4/c29-16-11-9-14(10-12-16)13-19-20-21(23(31)28(22(20)30)15-5-1-2-6-15)25(27-19)17-7-3-4-8-18(17)26-24(25)32/h3-4,7-12,15,19-21,27,29H,1-2,5-6,13H2,(H,26,32)/t19?,20-,21+,25?/m1/s1. The minimum atomic E-state index is -1.25. The van der Waals surface area contributed by atoms with Gasteiger partial charge in [-0.15, -0.1) is 0 Å². The highest BCUT2D eigenvalue weighted by atomic mass is 16.3. The van der Waals surface area contributed by atoms with E-state index in [0.717, 1.165) is 36.8 Å². The number of nitrogens with one attached hydrogen (secondary N) is 2. The number of anilines is 1. The van der Waals surface area contributed by atoms with E-state index in [9.17, 15) is 19.5 Å². The fraction of sp³-hybridized carbons (Fsp3) is 0.400. The number of rotatable bonds is 3. The number of nitrogens with zero attached hydrogens (tertiary/aromatic N) is 1. The molecule has 2 unspecified atom stereocenters. The van der Waals surface area contributed by atoms with Crippen LogP contribution in [0.4, 0.5) is 5.69 Å². The molecule has 2 saturated heterocycles. The van der Waals surface area contributed by atoms with Gasteiger partial charge in [0.05, 0.1) is 11.8 Å². The van der Waals surface area contributed by atoms with Gasteiger partial charge in [0.2, 0.25) is 17.7 Å². The Morgan fingerprint density at radius 2 is 1.69 bits per heavy atom. The Kier molecular flexibility index (Phi) is 4.21. The molecule has 4 atom stereocenters. The maximum atomic E-state index is 13.8. The summed E-state index contributed by atoms with van der Waals surface area (Å²) in [6.45, 7) is 0. The van der Waals surface area contributed by atoms with Crippen LogP contribution in [-0.2, 0) is 26.3 Å². The molecule has 164 valence electrons. The fourth-order valence-corrected chi connectivity index (χ4v) is 6.36. The van der Waals surface area contributed by atoms with Crippen molar-refractivity contribution in [1.82, 2.24) is 10.2 Å². The van der Waals surface area contributed by atoms with Gasteiger partial charge in [-0.1, -0.05) is 43.2 Å². The summed E-state index contributed by atoms with van der Waals surface area (Å²) in [7, 11) is 0. The minimum absolute atomic E-state index is 0.0633. The third-order valence-electron chi connectivity index (χ3n) is 7.74. The molecule has 4 aliphatic rings. The van der Waals surface area contributed by atoms with Crippen LogP contribution in [0.25, 0.3) is 0 Å². The first-order chi connectivity index (χ1) is 15.5. The van der Waals surface area contributed by atoms with Gasteiger partial charge in [-0.05, 0) is 43.0 Å². The molecule has 1 spiro atoms. The van der Waals surface area contributed by atoms with E-state index in [1.807, 2.05) is 36.4 Å². The first-order valence-electron chi connectivity index (χ1n) is 11.3. The molecule has 6 rings (SSSR count). The molecule has 0 aromatic heterocycles. The number of carbonyl (C=O) groups is 3. The summed E-state index contributed by atoms with van der Waals surface area (Å²) >= 11 is 0. The molecular weight excluding hydrogens is 406 g/mol. The predicted octanol–water partition coefficient (Wildman–Crippen LogP) is 2.30. The molecule has 7 nitrogen and oxygen atoms in total. The summed E-state index contributed by atoms with van der Waals surface area (Å²) in [5.41, 5.74) is 1.11. The summed E-state index contributed by atoms with van der Waals surface area (Å²) in [5.74, 6) is -1.84. The molecule has 0 radical (unpaired) electrons. The van der Waals surface area contributed by atoms with Crippen molar-refractivity contribution in [2.75, 3.05) is 5.32 Å². The SMILES string of the molecule is O=C1[C@@H]2C(Cc3ccc(O)cc3)NC3(C(=O)Nc4ccccc43)[C@@H]2C(=O)N1C1CCCC1. The average molecular weight is 431 g/mol. The van der Waals surface area contributed by atoms with Crippen LogP contribution in [0.15, 0.2) is 48.5 Å². The maximum absolute atomic E-state index is 13.8. The van der Waals surface area contributed by atoms with Crippen LogP contribution in [0, 0.1) is 11.8 Å². The molecule has 2 aromatic carbocycles. The third kappa shape index (κ3) is 2.54. The lowest BCUT2D eigenvalue weighted by atomic mass is 9.76. The second-order valence-corrected chi connectivity index (χ2v) is 9.42. The van der Waals surface area contributed by atoms with Crippen LogP contribution in [0.1, 0.15) is 36.8 Å². The van der Waals surface area contributed by atoms with Gasteiger partial charge in [-0.3, -0.25) is 24.6 Å². The molecule has 1 aliphatic carbocycles. The van der Waals surface area contributed by atoms with Gasteiger partial charge in [-0.2, -0.15) is 0 Å². The van der Waals surface area contributed by atoms with E-state index in [1.165, 1.54) is 4.90 Å². The Morgan fingerprint density at radius 1 is 0.969 bits per heavy atom. The van der Waals surface area contributed by atoms with Crippen LogP contribution < -0.4 is 10.6 Å². The molecular formula is C25H25N3O4. The van der Waals surface area contributed by atoms with Crippen LogP contribution in [0.2, 0.25) is 0 Å². The number of para-hydroxylation sites is 1. The molecule has 3 heterocycles. The van der Waals surface area contributed by atoms with Gasteiger partial charge >= 0.3 is 0 Å². The average Bonchev–Trinajstić information content (AvgIpc) is 3.52. The van der Waals surface area contributed by atoms with Gasteiger partial charge in [0.25, 0.3) is 0 Å². The number of carbonyl (C=O) groups excluding carboxylic acids is 3. The third-order valence-corrected chi connectivity index (χ3v) is 7.74. The van der Waals surface area contributed by atoms with Crippen LogP contribution in [0.5, 0.6) is 5.75 Å². The van der Waals surface area contributed by atoms with Crippen molar-refractivity contribution in [2.24, 2.45) is 11.8 Å². The number of fused-ring (bicyclic) bond motifs is 4. The number of phenolic OH excluding ortho intramolecular Hbond substituents is 1. The summed E-state index contributed by atoms with van der Waals surface area (Å²) in [6, 6.07) is 13.8. The Labute approximate surface area is 185 Å². The smallest absolute Gasteiger partial charge is 0.250 e. The van der Waals surface area contributed by atoms with Crippen LogP contribution in [-0.4, -0.2) is 39.8 Å². The number of likely N-dealkylation sites (tertiary alicyclic amines) is 1. The Morgan fingerprint density at radius 3 is 2.44 bits per heavy atom. The van der Waals surface area contributed by atoms with Crippen molar-refractivity contribution >= 4 is 23.4 Å². The lowest BCUT2D eigenvalue weighted by Crippen LogP contribution is -2.54. The highest BCUT2D eigenvalue weighted by molar-refractivity contribution is 6.15. The topological polar surface area (TPSA) is 98.7 Å². The van der Waals surface area contributed by atoms with E-state index in [4.69, 9.17) is 0 Å². The van der Waals surface area contributed by atoms with E-state index >= 15 is 0 Å². The fourth-order valence-electron chi connectivity index (χ4n) is 6.36. The number of amides is 3. The summed E-state index contributed by atoms with van der Waals surface area (Å²) in [6.07, 6.45) is 4.18. The summed E-state index contributed by atoms with van der Waals surface area (Å²) in [4.78, 5) is 42.4. The minimum Gasteiger partial charge on any atom is -0.508 e. The summed E-state index contributed by atoms with van der Waals surface area (Å²) in [5, 5.41) is 16.0. The molecule has 2 aromatic rings. The molecule has 3 fully saturated rings. The van der Waals surface area contributed by atoms with E-state index in [0.29, 0.717) is 12.1 Å². The molecule has 3 aliphatic heterocycles. The largest absolute Gasteiger partial charge is 0.508 e. The zero-order valence-electron chi connectivity index (χ0n) is 17.6. The van der Waals surface area contributed by atoms with E-state index in [-0.39, 0.29) is 35.6 Å². The van der Waals surface area contributed by atoms with E-state index in [1.54, 1.807) is 12.1 Å². The highest BCUT2D eigenvalue weighted by Crippen LogP contribution is 2.54. The predicted molar refractivity (Wildman–Crippen MR) is 117 cm³/mol. The number of hydrogen-bond acceptors (Lipinski definition) is 5. The molecule has 3 amide bonds. The summed E-state index contributed by atoms with van der Waals surface area (Å²) < 4.78 is 0. The lowest BCUT2D eigenvalue weighted by molar-refractivity contribution is -0.145. The molecule has 1 saturated carbocycles. The van der Waals surface area contributed by atoms with Crippen molar-refractivity contribution in [3.63, 3.8) is 0 Å². The Balaban J connectivity index is 1.46. The van der Waals surface area contributed by atoms with Gasteiger partial charge in [-0.25, -0.2) is 0 Å². The Bertz CT molecular complexity index is 1120. The Hall–Kier alpha value is -3.19. The first-order valence-corrected chi connectivity index (χ1v) is 11.3. The van der Waals surface area contributed by atoms with Crippen molar-refractivity contribution in [2.45, 2.75) is 49.7 Å². The molecule has 7 heteroatoms. The van der Waals surface area contributed by atoms with Crippen molar-refractivity contribution in [3.05, 3.63) is 59.7 Å². The molecule has 3 N–H and O–H groups in total. The van der Waals surface area contributed by atoms with Gasteiger partial charge in [0.1, 0.15) is 11.3 Å². The van der Waals surface area contributed by atoms with Gasteiger partial charge in [0.15, 0.2) is 0 Å². The van der Waals surface area contributed by atoms with Crippen molar-refractivity contribution < 1.29 is 19.5 Å². The molecule has 32 heavy (non-hydrogen) atoms. The number of hydrogen-bond donors (Lipinski definition) is 3. The number of benzene rings is 2. The lowest BCUT2D eigenvalue weighted by Gasteiger charge is -2.31. The quantitative estimate of drug-likeness (QED) is 0.648. The van der Waals surface area contributed by atoms with E-state index < -0.39 is 17.4 Å². The van der Waals surface area contributed by atoms with Crippen LogP contribution in [0.3, 0.4) is 0 Å². The van der Waals surface area contributed by atoms with Crippen LogP contribution >= 0.6 is 0 Å². The maximum Gasteiger partial charge on any atom is 0.250 e. The van der Waals surface area contributed by atoms with Gasteiger partial charge < -0.3 is 10.4 Å². The monoisotopic (exact) mass is 431 g/mol. The number of imide groups is 1. The van der Waals surface area contributed by atoms with Gasteiger partial charge in [0, 0.05) is 23.3 Å². The first kappa shape index (κ1) is 19.5. The second-order valence-electron chi connectivity index (χ2n) is 9.42. The number of aromatic hydroxyl groups is 1.